The van der Waals surface area contributed by atoms with E-state index in [4.69, 9.17) is 15.2 Å². The predicted molar refractivity (Wildman–Crippen MR) is 299 cm³/mol. The molecule has 2 bridgehead atoms. The Hall–Kier alpha value is -5.28. The van der Waals surface area contributed by atoms with E-state index >= 15 is 0 Å². The van der Waals surface area contributed by atoms with Crippen molar-refractivity contribution in [3.63, 3.8) is 0 Å². The second-order valence-electron chi connectivity index (χ2n) is 23.0. The van der Waals surface area contributed by atoms with Crippen LogP contribution < -0.4 is 21.8 Å². The van der Waals surface area contributed by atoms with E-state index in [-0.39, 0.29) is 68.4 Å². The van der Waals surface area contributed by atoms with Crippen LogP contribution in [0.25, 0.3) is 0 Å². The van der Waals surface area contributed by atoms with Gasteiger partial charge in [-0.25, -0.2) is 5.43 Å². The van der Waals surface area contributed by atoms with E-state index in [1.54, 1.807) is 65.0 Å². The first-order chi connectivity index (χ1) is 37.2. The van der Waals surface area contributed by atoms with Gasteiger partial charge in [-0.05, 0) is 93.9 Å². The van der Waals surface area contributed by atoms with Crippen LogP contribution in [0.15, 0.2) is 72.4 Å². The van der Waals surface area contributed by atoms with Gasteiger partial charge in [-0.1, -0.05) is 110 Å². The highest BCUT2D eigenvalue weighted by Gasteiger charge is 2.53. The zero-order valence-electron chi connectivity index (χ0n) is 48.1. The molecule has 2 saturated heterocycles. The van der Waals surface area contributed by atoms with Gasteiger partial charge < -0.3 is 61.3 Å². The minimum Gasteiger partial charge on any atom is -0.508 e. The van der Waals surface area contributed by atoms with Crippen molar-refractivity contribution in [1.29, 1.82) is 0 Å². The number of esters is 1. The number of benzene rings is 1. The fourth-order valence-corrected chi connectivity index (χ4v) is 10.8. The summed E-state index contributed by atoms with van der Waals surface area (Å²) in [6.07, 6.45) is 9.08. The molecule has 0 aromatic heterocycles. The molecule has 1 aromatic rings. The Morgan fingerprint density at radius 3 is 2.33 bits per heavy atom. The first-order valence-corrected chi connectivity index (χ1v) is 28.4. The fraction of sp³-hybridized carbons (Fsp3) is 0.667. The molecule has 0 unspecified atom stereocenters. The number of phenolic OH excluding ortho intramolecular Hbond substituents is 1. The van der Waals surface area contributed by atoms with Gasteiger partial charge in [0.1, 0.15) is 35.8 Å². The molecule has 0 radical (unpaired) electrons. The molecule has 0 saturated carbocycles. The van der Waals surface area contributed by atoms with E-state index in [0.717, 1.165) is 0 Å². The molecular weight excluding hydrogens is 1010 g/mol. The molecule has 17 atom stereocenters. The Kier molecular flexibility index (Phi) is 26.1. The van der Waals surface area contributed by atoms with Gasteiger partial charge in [-0.15, -0.1) is 0 Å². The summed E-state index contributed by atoms with van der Waals surface area (Å²) in [5, 5.41) is 74.5. The van der Waals surface area contributed by atoms with E-state index < -0.39 is 126 Å². The molecule has 2 fully saturated rings. The highest BCUT2D eigenvalue weighted by molar-refractivity contribution is 5.93. The molecule has 19 heteroatoms. The lowest BCUT2D eigenvalue weighted by Crippen LogP contribution is -2.62. The molecule has 3 aliphatic rings. The number of ketones is 1. The average molecular weight is 1110 g/mol. The Morgan fingerprint density at radius 2 is 1.68 bits per heavy atom. The number of phenols is 1. The van der Waals surface area contributed by atoms with Gasteiger partial charge in [0, 0.05) is 61.8 Å². The quantitative estimate of drug-likeness (QED) is 0.0660. The van der Waals surface area contributed by atoms with E-state index in [0.29, 0.717) is 43.2 Å². The summed E-state index contributed by atoms with van der Waals surface area (Å²) in [4.78, 5) is 81.1. The Labute approximate surface area is 467 Å². The summed E-state index contributed by atoms with van der Waals surface area (Å²) in [5.74, 6) is -9.91. The Bertz CT molecular complexity index is 2320. The maximum Gasteiger partial charge on any atom is 0.325 e. The van der Waals surface area contributed by atoms with Crippen LogP contribution in [0.1, 0.15) is 139 Å². The molecule has 0 spiro atoms. The van der Waals surface area contributed by atoms with Crippen LogP contribution in [-0.4, -0.2) is 138 Å². The summed E-state index contributed by atoms with van der Waals surface area (Å²) in [6.45, 7) is 17.5. The highest BCUT2D eigenvalue weighted by atomic mass is 16.6. The molecular formula is C60H93N5O14. The third kappa shape index (κ3) is 18.9. The van der Waals surface area contributed by atoms with Crippen LogP contribution >= 0.6 is 0 Å². The molecule has 4 rings (SSSR count). The molecule has 3 heterocycles. The number of Topliss-reactive ketones (excluding diaryl/α,β-unsaturated/α-hetero) is 1. The summed E-state index contributed by atoms with van der Waals surface area (Å²) < 4.78 is 12.5. The summed E-state index contributed by atoms with van der Waals surface area (Å²) in [7, 11) is 0. The number of aliphatic hydroxyl groups excluding tert-OH is 4. The molecule has 0 aliphatic carbocycles. The van der Waals surface area contributed by atoms with Gasteiger partial charge in [0.05, 0.1) is 36.4 Å². The van der Waals surface area contributed by atoms with Crippen LogP contribution in [0.2, 0.25) is 0 Å². The van der Waals surface area contributed by atoms with Crippen molar-refractivity contribution in [2.45, 2.75) is 200 Å². The van der Waals surface area contributed by atoms with Gasteiger partial charge in [0.15, 0.2) is 5.79 Å². The normalized spacial score (nSPS) is 32.6. The number of amides is 4. The van der Waals surface area contributed by atoms with Crippen LogP contribution in [0.5, 0.6) is 5.75 Å². The minimum atomic E-state index is -1.74. The number of ether oxygens (including phenoxy) is 2. The van der Waals surface area contributed by atoms with E-state index in [9.17, 15) is 59.4 Å². The first kappa shape index (κ1) is 66.2. The van der Waals surface area contributed by atoms with Crippen molar-refractivity contribution in [2.75, 3.05) is 6.54 Å². The number of hydrogen-bond donors (Lipinski definition) is 10. The lowest BCUT2D eigenvalue weighted by molar-refractivity contribution is -0.342. The maximum absolute atomic E-state index is 14.5. The first-order valence-electron chi connectivity index (χ1n) is 28.4. The SMILES string of the molecule is CC[C@@H](C[C@H](C)[C@@]1(O)O[C@@H](C[C@H](O)[C@@H](C)CC/C=C/C=C(\C)[C@@H]2C/C=C/C=C/[C@@H](O)[C@H](C)[C@@H](O)[C@@H](CCC(C)=O)C(=O)N[C@@H](C(C)C)C(=O)N[C@@H](Cc3cccc(O)c3)C(=O)N3CCC[C@H](N3)C(=O)O2)[C@H](C)[C@H](O)[C@@H]1C)C(N)=O. The minimum absolute atomic E-state index is 0.0444. The third-order valence-corrected chi connectivity index (χ3v) is 16.5. The third-order valence-electron chi connectivity index (χ3n) is 16.5. The van der Waals surface area contributed by atoms with Crippen LogP contribution in [0, 0.1) is 47.3 Å². The van der Waals surface area contributed by atoms with Crippen molar-refractivity contribution >= 4 is 35.4 Å². The number of fused-ring (bicyclic) bond motifs is 2. The molecule has 442 valence electrons. The number of nitrogens with one attached hydrogen (secondary N) is 3. The number of hydrazine groups is 1. The number of aliphatic hydroxyl groups is 5. The second-order valence-corrected chi connectivity index (χ2v) is 23.0. The number of nitrogens with two attached hydrogens (primary N) is 1. The zero-order valence-corrected chi connectivity index (χ0v) is 48.1. The number of primary amides is 1. The molecule has 3 aliphatic heterocycles. The number of hydrogen-bond acceptors (Lipinski definition) is 15. The van der Waals surface area contributed by atoms with Crippen LogP contribution in [-0.2, 0) is 44.7 Å². The Morgan fingerprint density at radius 1 is 0.975 bits per heavy atom. The van der Waals surface area contributed by atoms with Gasteiger partial charge in [0.2, 0.25) is 17.7 Å². The molecule has 11 N–H and O–H groups in total. The van der Waals surface area contributed by atoms with Crippen molar-refractivity contribution in [3.05, 3.63) is 77.9 Å². The van der Waals surface area contributed by atoms with Gasteiger partial charge >= 0.3 is 5.97 Å². The molecule has 1 aromatic carbocycles. The van der Waals surface area contributed by atoms with Crippen molar-refractivity contribution < 1.29 is 68.9 Å². The van der Waals surface area contributed by atoms with Gasteiger partial charge in [-0.2, -0.15) is 0 Å². The lowest BCUT2D eigenvalue weighted by Gasteiger charge is -2.51. The summed E-state index contributed by atoms with van der Waals surface area (Å²) >= 11 is 0. The van der Waals surface area contributed by atoms with Crippen LogP contribution in [0.4, 0.5) is 0 Å². The van der Waals surface area contributed by atoms with Crippen molar-refractivity contribution in [1.82, 2.24) is 21.1 Å². The van der Waals surface area contributed by atoms with Gasteiger partial charge in [-0.3, -0.25) is 29.0 Å². The number of nitrogens with zero attached hydrogens (tertiary/aromatic N) is 1. The van der Waals surface area contributed by atoms with Crippen LogP contribution in [0.3, 0.4) is 0 Å². The molecule has 4 amide bonds. The maximum atomic E-state index is 14.5. The standard InChI is InChI=1S/C60H93N5O14/c1-11-43(55(61)72)30-37(6)60(77)41(10)53(70)40(9)51(79-60)33-49(69)35(4)20-14-12-15-21-36(5)50-26-17-13-16-25-48(68)39(8)54(71)45(28-27-38(7)66)56(73)63-52(34(2)3)57(74)62-47(32-42-22-18-23-44(67)31-42)58(75)65-29-19-24-46(64-65)59(76)78-50/h12-13,15-18,21-23,25,31,34-35,37,39-41,43,45-54,64,67-71,77H,11,14,19-20,24,26-30,32-33H2,1-10H3,(H2,61,72)(H,62,74)(H,63,73)/b15-12+,17-13+,25-16+,36-21+/t35-,37-,39-,40-,41-,43-,45+,46-,47-,48+,49-,50-,51-,52-,53-,54+,60+/m0/s1. The highest BCUT2D eigenvalue weighted by Crippen LogP contribution is 2.44. The number of rotatable bonds is 19. The lowest BCUT2D eigenvalue weighted by atomic mass is 9.73. The zero-order chi connectivity index (χ0) is 58.9. The second kappa shape index (κ2) is 31.1. The van der Waals surface area contributed by atoms with Crippen molar-refractivity contribution in [3.8, 4) is 5.75 Å². The number of cyclic esters (lactones) is 1. The van der Waals surface area contributed by atoms with E-state index in [1.165, 1.54) is 30.1 Å². The topological polar surface area (TPSA) is 308 Å². The summed E-state index contributed by atoms with van der Waals surface area (Å²) in [6, 6.07) is 2.84. The fourth-order valence-electron chi connectivity index (χ4n) is 10.8. The van der Waals surface area contributed by atoms with E-state index in [2.05, 4.69) is 16.1 Å². The van der Waals surface area contributed by atoms with Crippen molar-refractivity contribution in [2.24, 2.45) is 53.1 Å². The van der Waals surface area contributed by atoms with Gasteiger partial charge in [0.25, 0.3) is 5.91 Å². The van der Waals surface area contributed by atoms with E-state index in [1.807, 2.05) is 45.9 Å². The largest absolute Gasteiger partial charge is 0.508 e. The molecule has 79 heavy (non-hydrogen) atoms. The monoisotopic (exact) mass is 1110 g/mol. The number of carbonyl (C=O) groups excluding carboxylic acids is 6. The molecule has 19 nitrogen and oxygen atoms in total. The average Bonchev–Trinajstić information content (AvgIpc) is 3.47. The number of carbonyl (C=O) groups is 6. The summed E-state index contributed by atoms with van der Waals surface area (Å²) in [5.41, 5.74) is 9.85. The predicted octanol–water partition coefficient (Wildman–Crippen LogP) is 4.76. The Balaban J connectivity index is 1.57. The number of allylic oxidation sites excluding steroid dienone is 5. The smallest absolute Gasteiger partial charge is 0.325 e. The number of aromatic hydroxyl groups is 1.